The molecule has 16 heavy (non-hydrogen) atoms. The molecule has 0 amide bonds. The zero-order chi connectivity index (χ0) is 12.0. The minimum atomic E-state index is 0. The van der Waals surface area contributed by atoms with E-state index in [0.29, 0.717) is 0 Å². The molecule has 0 rings (SSSR count). The maximum atomic E-state index is 8.87. The van der Waals surface area contributed by atoms with Crippen LogP contribution in [-0.4, -0.2) is 51.1 Å². The van der Waals surface area contributed by atoms with Crippen molar-refractivity contribution in [2.75, 3.05) is 41.3 Å². The summed E-state index contributed by atoms with van der Waals surface area (Å²) in [7, 11) is 12.5. The van der Waals surface area contributed by atoms with E-state index < -0.39 is 0 Å². The van der Waals surface area contributed by atoms with Gasteiger partial charge < -0.3 is 9.80 Å². The number of likely N-dealkylation sites (N-methyl/N-ethyl adjacent to an activating group) is 2. The molecule has 2 unspecified atom stereocenters. The van der Waals surface area contributed by atoms with Crippen molar-refractivity contribution in [3.05, 3.63) is 0 Å². The Morgan fingerprint density at radius 1 is 0.812 bits per heavy atom. The van der Waals surface area contributed by atoms with E-state index in [1.54, 1.807) is 0 Å². The van der Waals surface area contributed by atoms with Crippen molar-refractivity contribution >= 4 is 34.2 Å². The van der Waals surface area contributed by atoms with E-state index in [0.717, 1.165) is 13.1 Å². The van der Waals surface area contributed by atoms with Gasteiger partial charge in [-0.25, -0.2) is 0 Å². The smallest absolute Gasteiger partial charge is 0.174 e. The van der Waals surface area contributed by atoms with Gasteiger partial charge in [-0.05, 0) is 46.0 Å². The summed E-state index contributed by atoms with van der Waals surface area (Å²) in [6.07, 6.45) is 0. The Labute approximate surface area is 110 Å². The van der Waals surface area contributed by atoms with Crippen molar-refractivity contribution in [3.63, 3.8) is 0 Å². The largest absolute Gasteiger partial charge is 0.308 e. The number of rotatable bonds is 3. The average molecular weight is 308 g/mol. The molecular formula is C8H28N2O2P4. The van der Waals surface area contributed by atoms with Crippen LogP contribution in [0, 0.1) is 0 Å². The minimum Gasteiger partial charge on any atom is -0.308 e. The molecule has 102 valence electrons. The van der Waals surface area contributed by atoms with Crippen LogP contribution in [0.25, 0.3) is 0 Å². The number of nitrogens with zero attached hydrogens (tertiary/aromatic N) is 2. The van der Waals surface area contributed by atoms with Gasteiger partial charge in [-0.2, -0.15) is 0 Å². The summed E-state index contributed by atoms with van der Waals surface area (Å²) >= 11 is 0. The molecule has 0 radical (unpaired) electrons. The highest BCUT2D eigenvalue weighted by Crippen LogP contribution is 1.99. The molecular weight excluding hydrogens is 280 g/mol. The van der Waals surface area contributed by atoms with Crippen LogP contribution in [0.2, 0.25) is 0 Å². The van der Waals surface area contributed by atoms with Gasteiger partial charge in [0, 0.05) is 13.1 Å². The molecule has 4 nitrogen and oxygen atoms in total. The van der Waals surface area contributed by atoms with Crippen LogP contribution >= 0.6 is 34.2 Å². The predicted octanol–water partition coefficient (Wildman–Crippen LogP) is 3.52. The minimum absolute atomic E-state index is 0. The van der Waals surface area contributed by atoms with E-state index in [1.807, 2.05) is 17.9 Å². The molecule has 0 bridgehead atoms. The third-order valence-corrected chi connectivity index (χ3v) is 0.994. The third kappa shape index (κ3) is 81.9. The Kier molecular flexibility index (Phi) is 56.2. The summed E-state index contributed by atoms with van der Waals surface area (Å²) in [4.78, 5) is 4.36. The van der Waals surface area contributed by atoms with Gasteiger partial charge in [0.15, 0.2) is 16.3 Å². The van der Waals surface area contributed by atoms with E-state index in [2.05, 4.69) is 38.0 Å². The van der Waals surface area contributed by atoms with Crippen LogP contribution in [-0.2, 0) is 9.13 Å². The first-order valence-electron chi connectivity index (χ1n) is 3.80. The Bertz CT molecular complexity index is 113. The summed E-state index contributed by atoms with van der Waals surface area (Å²) < 4.78 is 17.7. The summed E-state index contributed by atoms with van der Waals surface area (Å²) in [6.45, 7) is 2.29. The Balaban J connectivity index is -0.0000000434. The van der Waals surface area contributed by atoms with Crippen LogP contribution in [0.3, 0.4) is 0 Å². The molecule has 0 spiro atoms. The number of hydrogen-bond acceptors (Lipinski definition) is 4. The molecule has 0 saturated carbocycles. The second-order valence-electron chi connectivity index (χ2n) is 2.82. The average Bonchev–Trinajstić information content (AvgIpc) is 2.04. The molecule has 0 heterocycles. The number of hydrogen-bond donors (Lipinski definition) is 0. The molecule has 0 aliphatic heterocycles. The van der Waals surface area contributed by atoms with Crippen molar-refractivity contribution < 1.29 is 9.13 Å². The molecule has 0 aromatic heterocycles. The molecule has 0 N–H and O–H groups in total. The summed E-state index contributed by atoms with van der Waals surface area (Å²) in [6, 6.07) is 0. The molecule has 0 aromatic rings. The van der Waals surface area contributed by atoms with Crippen LogP contribution in [0.15, 0.2) is 0 Å². The molecule has 0 saturated heterocycles. The molecule has 0 aliphatic rings. The zero-order valence-electron chi connectivity index (χ0n) is 9.17. The van der Waals surface area contributed by atoms with Gasteiger partial charge >= 0.3 is 0 Å². The lowest BCUT2D eigenvalue weighted by atomic mass is 10.5. The molecule has 2 atom stereocenters. The van der Waals surface area contributed by atoms with Gasteiger partial charge in [-0.3, -0.25) is 9.13 Å². The van der Waals surface area contributed by atoms with E-state index in [1.165, 1.54) is 0 Å². The van der Waals surface area contributed by atoms with Crippen molar-refractivity contribution in [1.29, 1.82) is 0 Å². The lowest BCUT2D eigenvalue weighted by molar-refractivity contribution is 0.320. The fraction of sp³-hybridized carbons (Fsp3) is 1.00. The maximum absolute atomic E-state index is 8.87. The Hall–Kier alpha value is 0.980. The highest BCUT2D eigenvalue weighted by atomic mass is 32.0. The van der Waals surface area contributed by atoms with Crippen molar-refractivity contribution in [2.45, 2.75) is 14.9 Å². The van der Waals surface area contributed by atoms with Crippen molar-refractivity contribution in [3.8, 4) is 0 Å². The second kappa shape index (κ2) is 29.7. The zero-order valence-corrected chi connectivity index (χ0v) is 13.3. The van der Waals surface area contributed by atoms with Crippen LogP contribution in [0.4, 0.5) is 0 Å². The van der Waals surface area contributed by atoms with Crippen LogP contribution < -0.4 is 0 Å². The lowest BCUT2D eigenvalue weighted by Crippen LogP contribution is -2.25. The first-order valence-corrected chi connectivity index (χ1v) is 8.66. The lowest BCUT2D eigenvalue weighted by Gasteiger charge is -2.13. The summed E-state index contributed by atoms with van der Waals surface area (Å²) in [5.41, 5.74) is 0. The van der Waals surface area contributed by atoms with Gasteiger partial charge in [0.1, 0.15) is 0 Å². The van der Waals surface area contributed by atoms with Gasteiger partial charge in [0.05, 0.1) is 0 Å². The highest BCUT2D eigenvalue weighted by Gasteiger charge is 1.89. The Morgan fingerprint density at radius 3 is 1.00 bits per heavy atom. The molecule has 0 aromatic carbocycles. The van der Waals surface area contributed by atoms with E-state index in [-0.39, 0.29) is 31.2 Å². The topological polar surface area (TPSA) is 40.6 Å². The van der Waals surface area contributed by atoms with Gasteiger partial charge in [-0.15, -0.1) is 0 Å². The van der Waals surface area contributed by atoms with Crippen LogP contribution in [0.5, 0.6) is 0 Å². The Morgan fingerprint density at radius 2 is 0.938 bits per heavy atom. The molecule has 0 fully saturated rings. The molecule has 8 heteroatoms. The van der Waals surface area contributed by atoms with Gasteiger partial charge in [-0.1, -0.05) is 14.9 Å². The highest BCUT2D eigenvalue weighted by molar-refractivity contribution is 7.96. The first kappa shape index (κ1) is 30.2. The maximum Gasteiger partial charge on any atom is 0.174 e. The molecule has 0 aliphatic carbocycles. The quantitative estimate of drug-likeness (QED) is 0.748. The second-order valence-corrected chi connectivity index (χ2v) is 4.50. The third-order valence-electron chi connectivity index (χ3n) is 0.994. The van der Waals surface area contributed by atoms with E-state index in [4.69, 9.17) is 9.13 Å². The predicted molar refractivity (Wildman–Crippen MR) is 85.2 cm³/mol. The summed E-state index contributed by atoms with van der Waals surface area (Å²) in [5, 5.41) is 0. The van der Waals surface area contributed by atoms with Crippen molar-refractivity contribution in [2.24, 2.45) is 0 Å². The van der Waals surface area contributed by atoms with Crippen LogP contribution in [0.1, 0.15) is 14.9 Å². The SMILES string of the molecule is C.C.CN(C)CCN(C)C.O=PP.O=PP. The fourth-order valence-electron chi connectivity index (χ4n) is 0.400. The van der Waals surface area contributed by atoms with E-state index >= 15 is 0 Å². The van der Waals surface area contributed by atoms with E-state index in [9.17, 15) is 0 Å². The standard InChI is InChI=1S/C6H16N2.2CH4.2H2OP2/c1-7(2)5-6-8(3)4;;;2*1-3-2/h5-6H2,1-4H3;2*1H4;2*2H2. The fourth-order valence-corrected chi connectivity index (χ4v) is 0.400. The van der Waals surface area contributed by atoms with Crippen molar-refractivity contribution in [1.82, 2.24) is 9.80 Å². The normalized spacial score (nSPS) is 8.25. The summed E-state index contributed by atoms with van der Waals surface area (Å²) in [5.74, 6) is 0. The first-order chi connectivity index (χ1) is 6.45. The van der Waals surface area contributed by atoms with Gasteiger partial charge in [0.25, 0.3) is 0 Å². The monoisotopic (exact) mass is 308 g/mol. The van der Waals surface area contributed by atoms with Gasteiger partial charge in [0.2, 0.25) is 0 Å².